The maximum Gasteiger partial charge on any atom is 0.0320 e. The van der Waals surface area contributed by atoms with Crippen molar-refractivity contribution in [2.45, 2.75) is 32.7 Å². The zero-order valence-corrected chi connectivity index (χ0v) is 12.4. The molecular formula is C17H26N2. The van der Waals surface area contributed by atoms with Gasteiger partial charge in [-0.25, -0.2) is 0 Å². The molecule has 2 aliphatic heterocycles. The van der Waals surface area contributed by atoms with Crippen molar-refractivity contribution in [2.75, 3.05) is 26.2 Å². The molecule has 0 aromatic heterocycles. The largest absolute Gasteiger partial charge is 0.316 e. The number of hydrogen-bond donors (Lipinski definition) is 1. The second-order valence-corrected chi connectivity index (χ2v) is 6.63. The molecule has 2 saturated heterocycles. The van der Waals surface area contributed by atoms with Gasteiger partial charge in [0.2, 0.25) is 0 Å². The Hall–Kier alpha value is -0.860. The molecule has 0 radical (unpaired) electrons. The van der Waals surface area contributed by atoms with E-state index in [1.165, 1.54) is 37.3 Å². The number of nitrogens with zero attached hydrogens (tertiary/aromatic N) is 1. The van der Waals surface area contributed by atoms with Crippen molar-refractivity contribution in [2.24, 2.45) is 11.8 Å². The third-order valence-corrected chi connectivity index (χ3v) is 5.05. The van der Waals surface area contributed by atoms with Crippen LogP contribution in [-0.2, 0) is 0 Å². The molecule has 1 aromatic carbocycles. The van der Waals surface area contributed by atoms with Crippen LogP contribution >= 0.6 is 0 Å². The molecule has 2 aliphatic rings. The molecule has 2 heterocycles. The second-order valence-electron chi connectivity index (χ2n) is 6.63. The van der Waals surface area contributed by atoms with Crippen LogP contribution in [0.1, 0.15) is 43.9 Å². The van der Waals surface area contributed by atoms with Crippen molar-refractivity contribution in [3.05, 3.63) is 35.4 Å². The molecule has 1 aromatic rings. The van der Waals surface area contributed by atoms with Crippen LogP contribution in [0.25, 0.3) is 0 Å². The first-order valence-electron chi connectivity index (χ1n) is 7.69. The number of rotatable bonds is 3. The van der Waals surface area contributed by atoms with Gasteiger partial charge >= 0.3 is 0 Å². The second kappa shape index (κ2) is 5.26. The van der Waals surface area contributed by atoms with Gasteiger partial charge in [0.05, 0.1) is 0 Å². The van der Waals surface area contributed by atoms with E-state index in [9.17, 15) is 0 Å². The highest BCUT2D eigenvalue weighted by Gasteiger charge is 2.37. The summed E-state index contributed by atoms with van der Waals surface area (Å²) in [5.41, 5.74) is 2.91. The predicted molar refractivity (Wildman–Crippen MR) is 80.4 cm³/mol. The highest BCUT2D eigenvalue weighted by Crippen LogP contribution is 2.33. The predicted octanol–water partition coefficient (Wildman–Crippen LogP) is 3.02. The van der Waals surface area contributed by atoms with Gasteiger partial charge in [-0.15, -0.1) is 0 Å². The molecule has 0 aliphatic carbocycles. The first-order valence-corrected chi connectivity index (χ1v) is 7.69. The van der Waals surface area contributed by atoms with Crippen LogP contribution in [0.15, 0.2) is 24.3 Å². The molecule has 0 saturated carbocycles. The number of nitrogens with one attached hydrogen (secondary N) is 1. The van der Waals surface area contributed by atoms with Gasteiger partial charge in [0.25, 0.3) is 0 Å². The molecule has 3 atom stereocenters. The lowest BCUT2D eigenvalue weighted by molar-refractivity contribution is 0.244. The fourth-order valence-corrected chi connectivity index (χ4v) is 3.58. The highest BCUT2D eigenvalue weighted by molar-refractivity contribution is 5.26. The Balaban J connectivity index is 1.68. The molecule has 3 rings (SSSR count). The van der Waals surface area contributed by atoms with Gasteiger partial charge in [-0.05, 0) is 48.9 Å². The molecule has 2 nitrogen and oxygen atoms in total. The number of benzene rings is 1. The summed E-state index contributed by atoms with van der Waals surface area (Å²) in [4.78, 5) is 2.67. The molecule has 2 heteroatoms. The first kappa shape index (κ1) is 13.1. The van der Waals surface area contributed by atoms with Crippen LogP contribution in [0.2, 0.25) is 0 Å². The quantitative estimate of drug-likeness (QED) is 0.896. The van der Waals surface area contributed by atoms with E-state index < -0.39 is 0 Å². The summed E-state index contributed by atoms with van der Waals surface area (Å²) >= 11 is 0. The Morgan fingerprint density at radius 1 is 0.947 bits per heavy atom. The molecule has 104 valence electrons. The SMILES string of the molecule is CC(C)c1ccc(C(C)N2CC3CNCC3C2)cc1. The van der Waals surface area contributed by atoms with E-state index in [0.717, 1.165) is 11.8 Å². The Labute approximate surface area is 117 Å². The average molecular weight is 258 g/mol. The third-order valence-electron chi connectivity index (χ3n) is 5.05. The summed E-state index contributed by atoms with van der Waals surface area (Å²) in [6.45, 7) is 11.9. The lowest BCUT2D eigenvalue weighted by Gasteiger charge is -2.26. The molecule has 3 unspecified atom stereocenters. The monoisotopic (exact) mass is 258 g/mol. The standard InChI is InChI=1S/C17H26N2/c1-12(2)14-4-6-15(7-5-14)13(3)19-10-16-8-18-9-17(16)11-19/h4-7,12-13,16-18H,8-11H2,1-3H3. The molecule has 0 spiro atoms. The van der Waals surface area contributed by atoms with E-state index in [1.807, 2.05) is 0 Å². The molecule has 0 bridgehead atoms. The number of likely N-dealkylation sites (tertiary alicyclic amines) is 1. The fourth-order valence-electron chi connectivity index (χ4n) is 3.58. The smallest absolute Gasteiger partial charge is 0.0320 e. The van der Waals surface area contributed by atoms with E-state index in [0.29, 0.717) is 12.0 Å². The van der Waals surface area contributed by atoms with Crippen LogP contribution in [0, 0.1) is 11.8 Å². The Kier molecular flexibility index (Phi) is 3.64. The van der Waals surface area contributed by atoms with Crippen LogP contribution < -0.4 is 5.32 Å². The minimum atomic E-state index is 0.562. The van der Waals surface area contributed by atoms with Crippen LogP contribution in [0.5, 0.6) is 0 Å². The number of fused-ring (bicyclic) bond motifs is 1. The normalized spacial score (nSPS) is 28.8. The molecule has 2 fully saturated rings. The van der Waals surface area contributed by atoms with Crippen LogP contribution in [0.3, 0.4) is 0 Å². The van der Waals surface area contributed by atoms with E-state index in [2.05, 4.69) is 55.3 Å². The first-order chi connectivity index (χ1) is 9.15. The molecule has 19 heavy (non-hydrogen) atoms. The van der Waals surface area contributed by atoms with Gasteiger partial charge in [0.1, 0.15) is 0 Å². The topological polar surface area (TPSA) is 15.3 Å². The van der Waals surface area contributed by atoms with E-state index in [4.69, 9.17) is 0 Å². The van der Waals surface area contributed by atoms with Gasteiger partial charge in [-0.2, -0.15) is 0 Å². The Morgan fingerprint density at radius 3 is 2.00 bits per heavy atom. The fraction of sp³-hybridized carbons (Fsp3) is 0.647. The van der Waals surface area contributed by atoms with Crippen molar-refractivity contribution in [3.8, 4) is 0 Å². The van der Waals surface area contributed by atoms with E-state index >= 15 is 0 Å². The summed E-state index contributed by atoms with van der Waals surface area (Å²) in [5.74, 6) is 2.40. The van der Waals surface area contributed by atoms with Crippen molar-refractivity contribution in [1.29, 1.82) is 0 Å². The summed E-state index contributed by atoms with van der Waals surface area (Å²) in [5, 5.41) is 3.52. The Morgan fingerprint density at radius 2 is 1.47 bits per heavy atom. The summed E-state index contributed by atoms with van der Waals surface area (Å²) < 4.78 is 0. The van der Waals surface area contributed by atoms with Crippen molar-refractivity contribution in [1.82, 2.24) is 10.2 Å². The van der Waals surface area contributed by atoms with Crippen LogP contribution in [0.4, 0.5) is 0 Å². The minimum absolute atomic E-state index is 0.562. The van der Waals surface area contributed by atoms with Crippen molar-refractivity contribution in [3.63, 3.8) is 0 Å². The Bertz CT molecular complexity index is 411. The minimum Gasteiger partial charge on any atom is -0.316 e. The molecular weight excluding hydrogens is 232 g/mol. The summed E-state index contributed by atoms with van der Waals surface area (Å²) in [7, 11) is 0. The van der Waals surface area contributed by atoms with Gasteiger partial charge in [-0.1, -0.05) is 38.1 Å². The van der Waals surface area contributed by atoms with E-state index in [-0.39, 0.29) is 0 Å². The zero-order valence-electron chi connectivity index (χ0n) is 12.4. The summed E-state index contributed by atoms with van der Waals surface area (Å²) in [6, 6.07) is 9.81. The maximum absolute atomic E-state index is 3.52. The molecule has 0 amide bonds. The van der Waals surface area contributed by atoms with Gasteiger partial charge in [-0.3, -0.25) is 4.90 Å². The lowest BCUT2D eigenvalue weighted by atomic mass is 9.99. The van der Waals surface area contributed by atoms with Gasteiger partial charge in [0.15, 0.2) is 0 Å². The highest BCUT2D eigenvalue weighted by atomic mass is 15.2. The summed E-state index contributed by atoms with van der Waals surface area (Å²) in [6.07, 6.45) is 0. The lowest BCUT2D eigenvalue weighted by Crippen LogP contribution is -2.28. The number of hydrogen-bond acceptors (Lipinski definition) is 2. The molecule has 1 N–H and O–H groups in total. The van der Waals surface area contributed by atoms with Crippen molar-refractivity contribution >= 4 is 0 Å². The average Bonchev–Trinajstić information content (AvgIpc) is 2.98. The maximum atomic E-state index is 3.52. The zero-order chi connectivity index (χ0) is 13.4. The van der Waals surface area contributed by atoms with Crippen molar-refractivity contribution < 1.29 is 0 Å². The van der Waals surface area contributed by atoms with Gasteiger partial charge in [0, 0.05) is 19.1 Å². The van der Waals surface area contributed by atoms with Gasteiger partial charge < -0.3 is 5.32 Å². The van der Waals surface area contributed by atoms with E-state index in [1.54, 1.807) is 0 Å². The third kappa shape index (κ3) is 2.56. The van der Waals surface area contributed by atoms with Crippen LogP contribution in [-0.4, -0.2) is 31.1 Å².